The number of ketones is 2. The first kappa shape index (κ1) is 13.4. The maximum Gasteiger partial charge on any atom is 0.296 e. The number of carbonyl (C=O) groups excluding carboxylic acids is 3. The van der Waals surface area contributed by atoms with E-state index in [1.807, 2.05) is 0 Å². The summed E-state index contributed by atoms with van der Waals surface area (Å²) in [4.78, 5) is 38.0. The van der Waals surface area contributed by atoms with Gasteiger partial charge < -0.3 is 4.74 Å². The van der Waals surface area contributed by atoms with Crippen molar-refractivity contribution >= 4 is 29.2 Å². The molecular formula is C17H10N2O4. The van der Waals surface area contributed by atoms with Crippen molar-refractivity contribution in [1.82, 2.24) is 0 Å². The third-order valence-corrected chi connectivity index (χ3v) is 3.95. The van der Waals surface area contributed by atoms with Crippen molar-refractivity contribution in [2.45, 2.75) is 0 Å². The molecule has 2 aliphatic rings. The first-order valence-corrected chi connectivity index (χ1v) is 6.94. The number of fused-ring (bicyclic) bond motifs is 2. The van der Waals surface area contributed by atoms with Crippen LogP contribution in [0.4, 0.5) is 5.69 Å². The fraction of sp³-hybridized carbons (Fsp3) is 0.0588. The Kier molecular flexibility index (Phi) is 2.68. The van der Waals surface area contributed by atoms with E-state index in [2.05, 4.69) is 0 Å². The highest BCUT2D eigenvalue weighted by Crippen LogP contribution is 2.31. The number of nitrogens with one attached hydrogen (secondary N) is 1. The summed E-state index contributed by atoms with van der Waals surface area (Å²) >= 11 is 0. The number of amides is 1. The lowest BCUT2D eigenvalue weighted by molar-refractivity contribution is -0.117. The summed E-state index contributed by atoms with van der Waals surface area (Å²) in [6, 6.07) is 10.9. The second kappa shape index (κ2) is 4.61. The molecule has 23 heavy (non-hydrogen) atoms. The molecule has 0 radical (unpaired) electrons. The number of hydrogen-bond acceptors (Lipinski definition) is 5. The van der Waals surface area contributed by atoms with E-state index >= 15 is 0 Å². The molecule has 0 atom stereocenters. The van der Waals surface area contributed by atoms with Crippen molar-refractivity contribution in [2.24, 2.45) is 0 Å². The second-order valence-electron chi connectivity index (χ2n) is 5.26. The molecule has 1 saturated heterocycles. The normalized spacial score (nSPS) is 16.3. The molecular weight excluding hydrogens is 296 g/mol. The highest BCUT2D eigenvalue weighted by atomic mass is 16.5. The zero-order valence-electron chi connectivity index (χ0n) is 11.8. The number of amidine groups is 1. The summed E-state index contributed by atoms with van der Waals surface area (Å²) in [5, 5.41) is 7.65. The lowest BCUT2D eigenvalue weighted by atomic mass is 9.84. The Morgan fingerprint density at radius 1 is 0.870 bits per heavy atom. The number of hydrogen-bond donors (Lipinski definition) is 1. The largest absolute Gasteiger partial charge is 0.455 e. The van der Waals surface area contributed by atoms with Crippen molar-refractivity contribution < 1.29 is 19.1 Å². The van der Waals surface area contributed by atoms with E-state index in [1.165, 1.54) is 12.1 Å². The van der Waals surface area contributed by atoms with Gasteiger partial charge in [-0.2, -0.15) is 0 Å². The molecule has 112 valence electrons. The van der Waals surface area contributed by atoms with Crippen LogP contribution in [0.25, 0.3) is 0 Å². The van der Waals surface area contributed by atoms with Gasteiger partial charge in [0.25, 0.3) is 11.9 Å². The quantitative estimate of drug-likeness (QED) is 0.742. The van der Waals surface area contributed by atoms with E-state index in [4.69, 9.17) is 10.1 Å². The predicted molar refractivity (Wildman–Crippen MR) is 80.9 cm³/mol. The summed E-state index contributed by atoms with van der Waals surface area (Å²) in [5.41, 5.74) is 1.61. The molecule has 6 nitrogen and oxygen atoms in total. The topological polar surface area (TPSA) is 87.5 Å². The monoisotopic (exact) mass is 306 g/mol. The van der Waals surface area contributed by atoms with Gasteiger partial charge in [-0.25, -0.2) is 4.90 Å². The minimum atomic E-state index is -0.384. The van der Waals surface area contributed by atoms with Crippen LogP contribution in [0, 0.1) is 5.41 Å². The Bertz CT molecular complexity index is 901. The maximum atomic E-state index is 12.6. The molecule has 1 N–H and O–H groups in total. The Hall–Kier alpha value is -3.28. The smallest absolute Gasteiger partial charge is 0.296 e. The van der Waals surface area contributed by atoms with Gasteiger partial charge in [0.15, 0.2) is 18.2 Å². The molecule has 2 aromatic carbocycles. The van der Waals surface area contributed by atoms with E-state index in [0.29, 0.717) is 22.4 Å². The molecule has 2 aromatic rings. The number of ether oxygens (including phenoxy) is 1. The fourth-order valence-corrected chi connectivity index (χ4v) is 2.86. The zero-order chi connectivity index (χ0) is 16.1. The summed E-state index contributed by atoms with van der Waals surface area (Å²) < 4.78 is 4.89. The van der Waals surface area contributed by atoms with Crippen LogP contribution in [0.2, 0.25) is 0 Å². The number of rotatable bonds is 1. The van der Waals surface area contributed by atoms with Crippen LogP contribution in [0.15, 0.2) is 42.5 Å². The standard InChI is InChI=1S/C17H10N2O4/c18-17-19(14(20)8-23-17)9-5-6-12-13(7-9)16(22)11-4-2-1-3-10(11)15(12)21/h1-7,18H,8H2. The summed E-state index contributed by atoms with van der Waals surface area (Å²) in [6.45, 7) is -0.203. The highest BCUT2D eigenvalue weighted by Gasteiger charge is 2.33. The SMILES string of the molecule is N=C1OCC(=O)N1c1ccc2c(c1)C(=O)c1ccccc1C2=O. The lowest BCUT2D eigenvalue weighted by Gasteiger charge is -2.20. The van der Waals surface area contributed by atoms with E-state index in [1.54, 1.807) is 30.3 Å². The van der Waals surface area contributed by atoms with E-state index in [-0.39, 0.29) is 35.7 Å². The lowest BCUT2D eigenvalue weighted by Crippen LogP contribution is -2.30. The minimum absolute atomic E-state index is 0.203. The molecule has 1 fully saturated rings. The van der Waals surface area contributed by atoms with Crippen LogP contribution in [-0.2, 0) is 9.53 Å². The molecule has 0 unspecified atom stereocenters. The maximum absolute atomic E-state index is 12.6. The average Bonchev–Trinajstić information content (AvgIpc) is 2.91. The van der Waals surface area contributed by atoms with Gasteiger partial charge in [-0.3, -0.25) is 19.8 Å². The Morgan fingerprint density at radius 3 is 2.09 bits per heavy atom. The number of benzene rings is 2. The number of anilines is 1. The van der Waals surface area contributed by atoms with E-state index in [9.17, 15) is 14.4 Å². The molecule has 0 saturated carbocycles. The van der Waals surface area contributed by atoms with Gasteiger partial charge in [0.2, 0.25) is 0 Å². The summed E-state index contributed by atoms with van der Waals surface area (Å²) in [6.07, 6.45) is 0. The van der Waals surface area contributed by atoms with E-state index in [0.717, 1.165) is 4.90 Å². The van der Waals surface area contributed by atoms with Gasteiger partial charge in [0.1, 0.15) is 0 Å². The van der Waals surface area contributed by atoms with Crippen LogP contribution in [0.1, 0.15) is 31.8 Å². The molecule has 0 bridgehead atoms. The second-order valence-corrected chi connectivity index (χ2v) is 5.26. The summed E-state index contributed by atoms with van der Waals surface area (Å²) in [5.74, 6) is -0.873. The number of nitrogens with zero attached hydrogens (tertiary/aromatic N) is 1. The molecule has 1 amide bonds. The van der Waals surface area contributed by atoms with Crippen LogP contribution >= 0.6 is 0 Å². The first-order valence-electron chi connectivity index (χ1n) is 6.94. The Balaban J connectivity index is 1.87. The molecule has 0 aromatic heterocycles. The van der Waals surface area contributed by atoms with E-state index < -0.39 is 0 Å². The van der Waals surface area contributed by atoms with Crippen molar-refractivity contribution in [2.75, 3.05) is 11.5 Å². The van der Waals surface area contributed by atoms with Crippen molar-refractivity contribution in [3.05, 3.63) is 64.7 Å². The molecule has 1 heterocycles. The highest BCUT2D eigenvalue weighted by molar-refractivity contribution is 6.29. The van der Waals surface area contributed by atoms with Gasteiger partial charge in [-0.15, -0.1) is 0 Å². The van der Waals surface area contributed by atoms with Crippen LogP contribution in [0.5, 0.6) is 0 Å². The van der Waals surface area contributed by atoms with Crippen LogP contribution in [0.3, 0.4) is 0 Å². The Labute approximate surface area is 130 Å². The van der Waals surface area contributed by atoms with Crippen LogP contribution in [-0.4, -0.2) is 30.1 Å². The summed E-state index contributed by atoms with van der Waals surface area (Å²) in [7, 11) is 0. The minimum Gasteiger partial charge on any atom is -0.455 e. The first-order chi connectivity index (χ1) is 11.1. The van der Waals surface area contributed by atoms with Gasteiger partial charge in [0.05, 0.1) is 5.69 Å². The zero-order valence-corrected chi connectivity index (χ0v) is 11.8. The van der Waals surface area contributed by atoms with Crippen LogP contribution < -0.4 is 4.90 Å². The molecule has 0 spiro atoms. The van der Waals surface area contributed by atoms with Gasteiger partial charge in [0, 0.05) is 22.3 Å². The van der Waals surface area contributed by atoms with Crippen molar-refractivity contribution in [3.8, 4) is 0 Å². The van der Waals surface area contributed by atoms with Gasteiger partial charge in [-0.1, -0.05) is 24.3 Å². The Morgan fingerprint density at radius 2 is 1.48 bits per heavy atom. The fourth-order valence-electron chi connectivity index (χ4n) is 2.86. The molecule has 6 heteroatoms. The van der Waals surface area contributed by atoms with Gasteiger partial charge in [-0.05, 0) is 18.2 Å². The molecule has 1 aliphatic carbocycles. The third-order valence-electron chi connectivity index (χ3n) is 3.95. The molecule has 1 aliphatic heterocycles. The van der Waals surface area contributed by atoms with Crippen molar-refractivity contribution in [3.63, 3.8) is 0 Å². The average molecular weight is 306 g/mol. The predicted octanol–water partition coefficient (Wildman–Crippen LogP) is 1.76. The number of carbonyl (C=O) groups is 3. The molecule has 4 rings (SSSR count). The van der Waals surface area contributed by atoms with Gasteiger partial charge >= 0.3 is 0 Å². The third kappa shape index (κ3) is 1.81. The van der Waals surface area contributed by atoms with Crippen molar-refractivity contribution in [1.29, 1.82) is 5.41 Å².